The van der Waals surface area contributed by atoms with Gasteiger partial charge >= 0.3 is 0 Å². The summed E-state index contributed by atoms with van der Waals surface area (Å²) in [6.45, 7) is 7.95. The molecule has 0 bridgehead atoms. The number of nitriles is 1. The second-order valence-corrected chi connectivity index (χ2v) is 3.82. The molecule has 0 N–H and O–H groups in total. The van der Waals surface area contributed by atoms with Crippen LogP contribution in [0.25, 0.3) is 0 Å². The summed E-state index contributed by atoms with van der Waals surface area (Å²) in [4.78, 5) is 0. The zero-order valence-corrected chi connectivity index (χ0v) is 9.46. The van der Waals surface area contributed by atoms with E-state index < -0.39 is 0 Å². The molecule has 0 saturated heterocycles. The Morgan fingerprint density at radius 1 is 1.53 bits per heavy atom. The van der Waals surface area contributed by atoms with Crippen LogP contribution in [0.4, 0.5) is 0 Å². The Hall–Kier alpha value is -1.55. The Morgan fingerprint density at radius 2 is 2.27 bits per heavy atom. The number of hydrogen-bond donors (Lipinski definition) is 0. The lowest BCUT2D eigenvalue weighted by molar-refractivity contribution is 0.674. The highest BCUT2D eigenvalue weighted by Crippen LogP contribution is 2.25. The molecule has 0 aliphatic carbocycles. The van der Waals surface area contributed by atoms with Crippen LogP contribution in [0.1, 0.15) is 42.4 Å². The average molecular weight is 199 g/mol. The fourth-order valence-corrected chi connectivity index (χ4v) is 1.81. The van der Waals surface area contributed by atoms with Crippen molar-refractivity contribution < 1.29 is 0 Å². The van der Waals surface area contributed by atoms with Crippen LogP contribution < -0.4 is 0 Å². The fraction of sp³-hybridized carbons (Fsp3) is 0.357. The standard InChI is InChI=1S/C14H17N/c1-4-6-12(5-2)13-7-8-14(10-15)11(3)9-13/h4,7-9,12H,1,5-6H2,2-3H3. The van der Waals surface area contributed by atoms with Crippen molar-refractivity contribution in [2.75, 3.05) is 0 Å². The third kappa shape index (κ3) is 2.70. The molecule has 0 radical (unpaired) electrons. The number of hydrogen-bond acceptors (Lipinski definition) is 1. The van der Waals surface area contributed by atoms with Crippen molar-refractivity contribution >= 4 is 0 Å². The first-order valence-corrected chi connectivity index (χ1v) is 5.34. The highest BCUT2D eigenvalue weighted by Gasteiger charge is 2.08. The predicted octanol–water partition coefficient (Wildman–Crippen LogP) is 3.94. The first-order chi connectivity index (χ1) is 7.22. The van der Waals surface area contributed by atoms with Crippen molar-refractivity contribution in [1.29, 1.82) is 5.26 Å². The number of rotatable bonds is 4. The number of allylic oxidation sites excluding steroid dienone is 1. The van der Waals surface area contributed by atoms with Gasteiger partial charge in [-0.1, -0.05) is 25.1 Å². The number of aryl methyl sites for hydroxylation is 1. The molecule has 0 heterocycles. The Kier molecular flexibility index (Phi) is 4.12. The lowest BCUT2D eigenvalue weighted by Gasteiger charge is -2.14. The zero-order valence-electron chi connectivity index (χ0n) is 9.46. The SMILES string of the molecule is C=CCC(CC)c1ccc(C#N)c(C)c1. The fourth-order valence-electron chi connectivity index (χ4n) is 1.81. The van der Waals surface area contributed by atoms with E-state index in [2.05, 4.69) is 31.7 Å². The molecule has 0 saturated carbocycles. The molecule has 1 nitrogen and oxygen atoms in total. The van der Waals surface area contributed by atoms with Gasteiger partial charge in [0.05, 0.1) is 11.6 Å². The molecule has 0 spiro atoms. The molecule has 1 atom stereocenters. The average Bonchev–Trinajstić information content (AvgIpc) is 2.25. The quantitative estimate of drug-likeness (QED) is 0.674. The second kappa shape index (κ2) is 5.36. The van der Waals surface area contributed by atoms with Crippen LogP contribution in [0.3, 0.4) is 0 Å². The van der Waals surface area contributed by atoms with Gasteiger partial charge in [-0.15, -0.1) is 6.58 Å². The minimum Gasteiger partial charge on any atom is -0.192 e. The first-order valence-electron chi connectivity index (χ1n) is 5.34. The third-order valence-corrected chi connectivity index (χ3v) is 2.79. The molecule has 1 aromatic carbocycles. The van der Waals surface area contributed by atoms with Gasteiger partial charge in [0.25, 0.3) is 0 Å². The monoisotopic (exact) mass is 199 g/mol. The summed E-state index contributed by atoms with van der Waals surface area (Å²) in [6, 6.07) is 8.28. The molecule has 0 aromatic heterocycles. The summed E-state index contributed by atoms with van der Waals surface area (Å²) in [5, 5.41) is 8.84. The van der Waals surface area contributed by atoms with Crippen LogP contribution in [0, 0.1) is 18.3 Å². The Balaban J connectivity index is 3.00. The maximum absolute atomic E-state index is 8.84. The molecule has 1 heteroatoms. The van der Waals surface area contributed by atoms with E-state index in [0.717, 1.165) is 24.0 Å². The molecule has 15 heavy (non-hydrogen) atoms. The topological polar surface area (TPSA) is 23.8 Å². The van der Waals surface area contributed by atoms with Gasteiger partial charge in [-0.05, 0) is 42.9 Å². The Labute approximate surface area is 92.1 Å². The van der Waals surface area contributed by atoms with Crippen molar-refractivity contribution in [3.63, 3.8) is 0 Å². The van der Waals surface area contributed by atoms with E-state index in [1.807, 2.05) is 19.1 Å². The van der Waals surface area contributed by atoms with Crippen LogP contribution in [0.5, 0.6) is 0 Å². The second-order valence-electron chi connectivity index (χ2n) is 3.82. The lowest BCUT2D eigenvalue weighted by Crippen LogP contribution is -1.97. The van der Waals surface area contributed by atoms with Gasteiger partial charge < -0.3 is 0 Å². The Bertz CT molecular complexity index is 385. The van der Waals surface area contributed by atoms with Gasteiger partial charge in [0.1, 0.15) is 0 Å². The minimum atomic E-state index is 0.536. The van der Waals surface area contributed by atoms with Crippen LogP contribution >= 0.6 is 0 Å². The first kappa shape index (κ1) is 11.5. The summed E-state index contributed by atoms with van der Waals surface area (Å²) in [6.07, 6.45) is 4.07. The molecule has 0 aliphatic heterocycles. The van der Waals surface area contributed by atoms with Gasteiger partial charge in [-0.2, -0.15) is 5.26 Å². The van der Waals surface area contributed by atoms with Gasteiger partial charge in [-0.3, -0.25) is 0 Å². The highest BCUT2D eigenvalue weighted by molar-refractivity contribution is 5.40. The molecular weight excluding hydrogens is 182 g/mol. The Morgan fingerprint density at radius 3 is 2.73 bits per heavy atom. The lowest BCUT2D eigenvalue weighted by atomic mass is 9.91. The van der Waals surface area contributed by atoms with Crippen LogP contribution in [0.2, 0.25) is 0 Å². The smallest absolute Gasteiger partial charge is 0.0994 e. The number of nitrogens with zero attached hydrogens (tertiary/aromatic N) is 1. The molecule has 0 fully saturated rings. The molecule has 1 unspecified atom stereocenters. The van der Waals surface area contributed by atoms with E-state index >= 15 is 0 Å². The van der Waals surface area contributed by atoms with E-state index in [0.29, 0.717) is 5.92 Å². The van der Waals surface area contributed by atoms with Crippen molar-refractivity contribution in [3.8, 4) is 6.07 Å². The van der Waals surface area contributed by atoms with E-state index in [1.165, 1.54) is 5.56 Å². The van der Waals surface area contributed by atoms with Crippen molar-refractivity contribution in [1.82, 2.24) is 0 Å². The van der Waals surface area contributed by atoms with E-state index in [1.54, 1.807) is 0 Å². The molecule has 1 aromatic rings. The van der Waals surface area contributed by atoms with Crippen LogP contribution in [-0.2, 0) is 0 Å². The molecule has 0 aliphatic rings. The third-order valence-electron chi connectivity index (χ3n) is 2.79. The minimum absolute atomic E-state index is 0.536. The van der Waals surface area contributed by atoms with Gasteiger partial charge in [0.15, 0.2) is 0 Å². The largest absolute Gasteiger partial charge is 0.192 e. The summed E-state index contributed by atoms with van der Waals surface area (Å²) >= 11 is 0. The number of benzene rings is 1. The molecule has 1 rings (SSSR count). The van der Waals surface area contributed by atoms with E-state index in [-0.39, 0.29) is 0 Å². The zero-order chi connectivity index (χ0) is 11.3. The maximum Gasteiger partial charge on any atom is 0.0994 e. The van der Waals surface area contributed by atoms with E-state index in [4.69, 9.17) is 5.26 Å². The molecule has 78 valence electrons. The summed E-state index contributed by atoms with van der Waals surface area (Å²) < 4.78 is 0. The normalized spacial score (nSPS) is 11.8. The van der Waals surface area contributed by atoms with Crippen LogP contribution in [-0.4, -0.2) is 0 Å². The molecule has 0 amide bonds. The predicted molar refractivity (Wildman–Crippen MR) is 63.7 cm³/mol. The van der Waals surface area contributed by atoms with Crippen molar-refractivity contribution in [2.45, 2.75) is 32.6 Å². The van der Waals surface area contributed by atoms with Gasteiger partial charge in [0, 0.05) is 0 Å². The highest BCUT2D eigenvalue weighted by atomic mass is 14.2. The summed E-state index contributed by atoms with van der Waals surface area (Å²) in [5.41, 5.74) is 3.15. The summed E-state index contributed by atoms with van der Waals surface area (Å²) in [5.74, 6) is 0.536. The van der Waals surface area contributed by atoms with E-state index in [9.17, 15) is 0 Å². The molecular formula is C14H17N. The van der Waals surface area contributed by atoms with Crippen molar-refractivity contribution in [2.24, 2.45) is 0 Å². The van der Waals surface area contributed by atoms with Crippen LogP contribution in [0.15, 0.2) is 30.9 Å². The maximum atomic E-state index is 8.84. The summed E-state index contributed by atoms with van der Waals surface area (Å²) in [7, 11) is 0. The van der Waals surface area contributed by atoms with Crippen molar-refractivity contribution in [3.05, 3.63) is 47.5 Å². The van der Waals surface area contributed by atoms with Gasteiger partial charge in [-0.25, -0.2) is 0 Å². The van der Waals surface area contributed by atoms with Gasteiger partial charge in [0.2, 0.25) is 0 Å².